The van der Waals surface area contributed by atoms with E-state index in [9.17, 15) is 13.2 Å². The molecule has 0 spiro atoms. The molecule has 4 rings (SSSR count). The van der Waals surface area contributed by atoms with Crippen LogP contribution in [0.1, 0.15) is 32.1 Å². The molecule has 0 unspecified atom stereocenters. The highest BCUT2D eigenvalue weighted by atomic mass is 35.5. The molecule has 156 valence electrons. The molecule has 29 heavy (non-hydrogen) atoms. The summed E-state index contributed by atoms with van der Waals surface area (Å²) < 4.78 is 25.9. The summed E-state index contributed by atoms with van der Waals surface area (Å²) in [5, 5.41) is 1.39. The van der Waals surface area contributed by atoms with Crippen LogP contribution in [-0.4, -0.2) is 58.1 Å². The molecular weight excluding hydrogens is 430 g/mol. The largest absolute Gasteiger partial charge is 0.335 e. The van der Waals surface area contributed by atoms with Gasteiger partial charge in [0.2, 0.25) is 5.91 Å². The van der Waals surface area contributed by atoms with Gasteiger partial charge in [-0.15, -0.1) is 0 Å². The molecule has 0 bridgehead atoms. The van der Waals surface area contributed by atoms with Gasteiger partial charge in [-0.05, 0) is 43.5 Å². The molecule has 2 aliphatic rings. The van der Waals surface area contributed by atoms with Crippen LogP contribution in [0.2, 0.25) is 5.02 Å². The van der Waals surface area contributed by atoms with Crippen molar-refractivity contribution in [1.29, 1.82) is 0 Å². The van der Waals surface area contributed by atoms with Gasteiger partial charge in [0.25, 0.3) is 0 Å². The number of halogens is 1. The predicted molar refractivity (Wildman–Crippen MR) is 115 cm³/mol. The first-order chi connectivity index (χ1) is 13.9. The minimum atomic E-state index is -3.04. The molecule has 2 heterocycles. The topological polar surface area (TPSA) is 72.3 Å². The average molecular weight is 454 g/mol. The van der Waals surface area contributed by atoms with E-state index in [0.29, 0.717) is 11.4 Å². The van der Waals surface area contributed by atoms with E-state index in [1.54, 1.807) is 6.20 Å². The maximum absolute atomic E-state index is 13.2. The number of carbonyl (C=O) groups is 1. The molecule has 2 aromatic rings. The first kappa shape index (κ1) is 20.8. The van der Waals surface area contributed by atoms with E-state index in [2.05, 4.69) is 4.98 Å². The number of aromatic nitrogens is 2. The lowest BCUT2D eigenvalue weighted by Crippen LogP contribution is -2.47. The summed E-state index contributed by atoms with van der Waals surface area (Å²) in [5.74, 6) is 0.536. The summed E-state index contributed by atoms with van der Waals surface area (Å²) in [5.41, 5.74) is 0.927. The van der Waals surface area contributed by atoms with Gasteiger partial charge in [-0.3, -0.25) is 9.36 Å². The van der Waals surface area contributed by atoms with Crippen LogP contribution in [0.3, 0.4) is 0 Å². The van der Waals surface area contributed by atoms with Crippen LogP contribution in [0, 0.1) is 0 Å². The first-order valence-corrected chi connectivity index (χ1v) is 13.0. The Balaban J connectivity index is 1.47. The molecule has 0 radical (unpaired) electrons. The van der Waals surface area contributed by atoms with Gasteiger partial charge >= 0.3 is 0 Å². The highest BCUT2D eigenvalue weighted by Gasteiger charge is 2.38. The smallest absolute Gasteiger partial charge is 0.233 e. The van der Waals surface area contributed by atoms with E-state index >= 15 is 0 Å². The second-order valence-electron chi connectivity index (χ2n) is 7.64. The molecule has 1 saturated heterocycles. The van der Waals surface area contributed by atoms with E-state index in [-0.39, 0.29) is 35.2 Å². The van der Waals surface area contributed by atoms with Crippen molar-refractivity contribution in [2.24, 2.45) is 0 Å². The Bertz CT molecular complexity index is 969. The molecule has 1 aliphatic heterocycles. The number of amides is 1. The zero-order chi connectivity index (χ0) is 20.4. The first-order valence-electron chi connectivity index (χ1n) is 9.87. The van der Waals surface area contributed by atoms with Gasteiger partial charge in [-0.1, -0.05) is 36.2 Å². The second-order valence-corrected chi connectivity index (χ2v) is 11.2. The van der Waals surface area contributed by atoms with Crippen molar-refractivity contribution in [3.05, 3.63) is 41.7 Å². The van der Waals surface area contributed by atoms with Gasteiger partial charge in [0.05, 0.1) is 17.3 Å². The van der Waals surface area contributed by atoms with Crippen molar-refractivity contribution in [1.82, 2.24) is 14.5 Å². The fourth-order valence-corrected chi connectivity index (χ4v) is 6.96. The molecule has 2 fully saturated rings. The third kappa shape index (κ3) is 4.81. The van der Waals surface area contributed by atoms with Crippen LogP contribution in [0.15, 0.2) is 41.8 Å². The van der Waals surface area contributed by atoms with E-state index < -0.39 is 9.84 Å². The Morgan fingerprint density at radius 1 is 1.17 bits per heavy atom. The number of benzene rings is 1. The van der Waals surface area contributed by atoms with E-state index in [1.165, 1.54) is 11.8 Å². The monoisotopic (exact) mass is 453 g/mol. The van der Waals surface area contributed by atoms with Crippen LogP contribution in [0.4, 0.5) is 0 Å². The molecule has 1 aromatic carbocycles. The quantitative estimate of drug-likeness (QED) is 0.625. The number of rotatable bonds is 6. The summed E-state index contributed by atoms with van der Waals surface area (Å²) in [6.07, 6.45) is 8.24. The molecule has 1 atom stereocenters. The Morgan fingerprint density at radius 2 is 1.90 bits per heavy atom. The number of sulfone groups is 1. The van der Waals surface area contributed by atoms with Crippen LogP contribution in [0.25, 0.3) is 5.69 Å². The second kappa shape index (κ2) is 8.70. The number of hydrogen-bond donors (Lipinski definition) is 0. The number of hydrogen-bond acceptors (Lipinski definition) is 5. The zero-order valence-electron chi connectivity index (χ0n) is 16.0. The Hall–Kier alpha value is -1.51. The van der Waals surface area contributed by atoms with Gasteiger partial charge in [-0.25, -0.2) is 13.4 Å². The summed E-state index contributed by atoms with van der Waals surface area (Å²) >= 11 is 7.36. The van der Waals surface area contributed by atoms with Crippen molar-refractivity contribution >= 4 is 39.1 Å². The minimum absolute atomic E-state index is 0.00894. The molecule has 6 nitrogen and oxygen atoms in total. The maximum Gasteiger partial charge on any atom is 0.233 e. The van der Waals surface area contributed by atoms with Crippen LogP contribution in [0.5, 0.6) is 0 Å². The molecule has 1 amide bonds. The molecule has 9 heteroatoms. The highest BCUT2D eigenvalue weighted by molar-refractivity contribution is 7.99. The SMILES string of the molecule is O=C(CSc1nccn1-c1ccc(Cl)cc1)N(C1CCCC1)[C@H]1CCS(=O)(=O)C1. The lowest BCUT2D eigenvalue weighted by atomic mass is 10.1. The predicted octanol–water partition coefficient (Wildman–Crippen LogP) is 3.58. The number of carbonyl (C=O) groups excluding carboxylic acids is 1. The average Bonchev–Trinajstić information content (AvgIpc) is 3.43. The van der Waals surface area contributed by atoms with Gasteiger partial charge in [0.1, 0.15) is 0 Å². The van der Waals surface area contributed by atoms with Crippen molar-refractivity contribution in [3.8, 4) is 5.69 Å². The number of nitrogens with zero attached hydrogens (tertiary/aromatic N) is 3. The van der Waals surface area contributed by atoms with Gasteiger partial charge in [0, 0.05) is 35.2 Å². The molecule has 1 aromatic heterocycles. The molecular formula is C20H24ClN3O3S2. The number of imidazole rings is 1. The van der Waals surface area contributed by atoms with Gasteiger partial charge in [-0.2, -0.15) is 0 Å². The molecule has 1 aliphatic carbocycles. The summed E-state index contributed by atoms with van der Waals surface area (Å²) in [4.78, 5) is 19.5. The minimum Gasteiger partial charge on any atom is -0.335 e. The normalized spacial score (nSPS) is 21.5. The zero-order valence-corrected chi connectivity index (χ0v) is 18.4. The standard InChI is InChI=1S/C20H24ClN3O3S2/c21-15-5-7-16(8-6-15)23-11-10-22-20(23)28-13-19(25)24(17-3-1-2-4-17)18-9-12-29(26,27)14-18/h5-8,10-11,17-18H,1-4,9,12-14H2/t18-/m0/s1. The van der Waals surface area contributed by atoms with Crippen LogP contribution < -0.4 is 0 Å². The third-order valence-electron chi connectivity index (χ3n) is 5.64. The Labute approximate surface area is 180 Å². The molecule has 0 N–H and O–H groups in total. The van der Waals surface area contributed by atoms with E-state index in [4.69, 9.17) is 11.6 Å². The van der Waals surface area contributed by atoms with E-state index in [1.807, 2.05) is 39.9 Å². The van der Waals surface area contributed by atoms with Crippen molar-refractivity contribution in [2.45, 2.75) is 49.3 Å². The van der Waals surface area contributed by atoms with Gasteiger partial charge < -0.3 is 4.90 Å². The molecule has 1 saturated carbocycles. The van der Waals surface area contributed by atoms with Crippen LogP contribution in [-0.2, 0) is 14.6 Å². The lowest BCUT2D eigenvalue weighted by Gasteiger charge is -2.34. The van der Waals surface area contributed by atoms with E-state index in [0.717, 1.165) is 36.5 Å². The highest BCUT2D eigenvalue weighted by Crippen LogP contribution is 2.30. The number of thioether (sulfide) groups is 1. The van der Waals surface area contributed by atoms with Crippen molar-refractivity contribution < 1.29 is 13.2 Å². The third-order valence-corrected chi connectivity index (χ3v) is 8.60. The summed E-state index contributed by atoms with van der Waals surface area (Å²) in [6.45, 7) is 0. The van der Waals surface area contributed by atoms with Crippen LogP contribution >= 0.6 is 23.4 Å². The van der Waals surface area contributed by atoms with Gasteiger partial charge in [0.15, 0.2) is 15.0 Å². The summed E-state index contributed by atoms with van der Waals surface area (Å²) in [6, 6.07) is 7.43. The Kier molecular flexibility index (Phi) is 6.22. The van der Waals surface area contributed by atoms with Crippen molar-refractivity contribution in [3.63, 3.8) is 0 Å². The fraction of sp³-hybridized carbons (Fsp3) is 0.500. The summed E-state index contributed by atoms with van der Waals surface area (Å²) in [7, 11) is -3.04. The lowest BCUT2D eigenvalue weighted by molar-refractivity contribution is -0.132. The maximum atomic E-state index is 13.2. The fourth-order valence-electron chi connectivity index (χ4n) is 4.28. The van der Waals surface area contributed by atoms with Crippen molar-refractivity contribution in [2.75, 3.05) is 17.3 Å². The Morgan fingerprint density at radius 3 is 2.55 bits per heavy atom.